The molecule has 3 aromatic rings. The smallest absolute Gasteiger partial charge is 1.00 e. The van der Waals surface area contributed by atoms with Crippen molar-refractivity contribution in [3.8, 4) is 0 Å². The molecule has 2 aromatic carbocycles. The van der Waals surface area contributed by atoms with E-state index in [0.717, 1.165) is 16.3 Å². The van der Waals surface area contributed by atoms with E-state index < -0.39 is 11.9 Å². The first-order valence-electron chi connectivity index (χ1n) is 7.09. The summed E-state index contributed by atoms with van der Waals surface area (Å²) in [5, 5.41) is 13.9. The Morgan fingerprint density at radius 2 is 1.83 bits per heavy atom. The third kappa shape index (κ3) is 4.00. The standard InChI is InChI=1S/C18H14N2O3.Na.H/c21-17(16-10-13(18(22)23)8-9-19-16)20-11-14-6-3-5-12-4-1-2-7-15(12)14;;/h1-10H,11H2,(H,20,21)(H,22,23);;/q;+1;-1. The summed E-state index contributed by atoms with van der Waals surface area (Å²) in [4.78, 5) is 27.0. The average molecular weight is 330 g/mol. The Hall–Kier alpha value is -2.21. The molecule has 0 aliphatic carbocycles. The number of fused-ring (bicyclic) bond motifs is 1. The normalized spacial score (nSPS) is 10.0. The SMILES string of the molecule is O=C(O)c1ccnc(C(=O)NCc2cccc3ccccc23)c1.[H-].[Na+]. The second kappa shape index (κ2) is 8.06. The number of aromatic nitrogens is 1. The van der Waals surface area contributed by atoms with Crippen LogP contribution in [0.2, 0.25) is 0 Å². The van der Waals surface area contributed by atoms with Gasteiger partial charge < -0.3 is 11.8 Å². The van der Waals surface area contributed by atoms with Crippen LogP contribution in [0.4, 0.5) is 0 Å². The number of carboxylic acids is 1. The van der Waals surface area contributed by atoms with Gasteiger partial charge in [-0.1, -0.05) is 42.5 Å². The number of carbonyl (C=O) groups excluding carboxylic acids is 1. The molecule has 0 fully saturated rings. The molecule has 1 amide bonds. The van der Waals surface area contributed by atoms with Gasteiger partial charge in [-0.2, -0.15) is 0 Å². The van der Waals surface area contributed by atoms with E-state index in [4.69, 9.17) is 5.11 Å². The number of amides is 1. The Labute approximate surface area is 162 Å². The molecule has 0 unspecified atom stereocenters. The number of pyridine rings is 1. The summed E-state index contributed by atoms with van der Waals surface area (Å²) in [5.74, 6) is -1.49. The van der Waals surface area contributed by atoms with Gasteiger partial charge in [0.05, 0.1) is 5.56 Å². The van der Waals surface area contributed by atoms with E-state index in [1.54, 1.807) is 0 Å². The maximum atomic E-state index is 12.2. The molecule has 0 aliphatic heterocycles. The molecule has 3 rings (SSSR count). The number of carbonyl (C=O) groups is 2. The number of benzene rings is 2. The number of nitrogens with zero attached hydrogens (tertiary/aromatic N) is 1. The molecule has 1 heterocycles. The molecule has 24 heavy (non-hydrogen) atoms. The zero-order chi connectivity index (χ0) is 16.2. The van der Waals surface area contributed by atoms with E-state index in [0.29, 0.717) is 6.54 Å². The number of rotatable bonds is 4. The minimum absolute atomic E-state index is 0. The van der Waals surface area contributed by atoms with Gasteiger partial charge in [0.2, 0.25) is 0 Å². The minimum Gasteiger partial charge on any atom is -1.00 e. The molecule has 0 radical (unpaired) electrons. The Kier molecular flexibility index (Phi) is 6.09. The summed E-state index contributed by atoms with van der Waals surface area (Å²) in [6.07, 6.45) is 1.32. The quantitative estimate of drug-likeness (QED) is 0.659. The van der Waals surface area contributed by atoms with Gasteiger partial charge in [-0.05, 0) is 28.5 Å². The van der Waals surface area contributed by atoms with Crippen molar-refractivity contribution >= 4 is 22.6 Å². The summed E-state index contributed by atoms with van der Waals surface area (Å²) < 4.78 is 0. The Balaban J connectivity index is 0.00000156. The number of hydrogen-bond donors (Lipinski definition) is 2. The number of carboxylic acid groups (broad SMARTS) is 1. The molecule has 6 heteroatoms. The zero-order valence-corrected chi connectivity index (χ0v) is 15.2. The molecule has 0 bridgehead atoms. The van der Waals surface area contributed by atoms with Crippen molar-refractivity contribution in [3.63, 3.8) is 0 Å². The van der Waals surface area contributed by atoms with Crippen molar-refractivity contribution < 1.29 is 45.7 Å². The van der Waals surface area contributed by atoms with Crippen molar-refractivity contribution in [1.82, 2.24) is 10.3 Å². The van der Waals surface area contributed by atoms with E-state index in [1.165, 1.54) is 18.3 Å². The van der Waals surface area contributed by atoms with Crippen LogP contribution in [0.25, 0.3) is 10.8 Å². The molecule has 2 N–H and O–H groups in total. The fraction of sp³-hybridized carbons (Fsp3) is 0.0556. The third-order valence-corrected chi connectivity index (χ3v) is 3.56. The van der Waals surface area contributed by atoms with Crippen molar-refractivity contribution in [2.24, 2.45) is 0 Å². The third-order valence-electron chi connectivity index (χ3n) is 3.56. The van der Waals surface area contributed by atoms with E-state index in [-0.39, 0.29) is 42.2 Å². The van der Waals surface area contributed by atoms with Crippen LogP contribution in [0.1, 0.15) is 27.8 Å². The summed E-state index contributed by atoms with van der Waals surface area (Å²) in [7, 11) is 0. The van der Waals surface area contributed by atoms with Crippen molar-refractivity contribution in [2.75, 3.05) is 0 Å². The van der Waals surface area contributed by atoms with Crippen LogP contribution in [0.15, 0.2) is 60.8 Å². The van der Waals surface area contributed by atoms with Crippen molar-refractivity contribution in [1.29, 1.82) is 0 Å². The van der Waals surface area contributed by atoms with Crippen LogP contribution >= 0.6 is 0 Å². The Morgan fingerprint density at radius 3 is 2.62 bits per heavy atom. The topological polar surface area (TPSA) is 79.3 Å². The van der Waals surface area contributed by atoms with Crippen molar-refractivity contribution in [3.05, 3.63) is 77.6 Å². The van der Waals surface area contributed by atoms with Crippen LogP contribution in [0, 0.1) is 0 Å². The number of hydrogen-bond acceptors (Lipinski definition) is 3. The van der Waals surface area contributed by atoms with Crippen LogP contribution in [-0.2, 0) is 6.54 Å². The van der Waals surface area contributed by atoms with Gasteiger partial charge >= 0.3 is 35.5 Å². The summed E-state index contributed by atoms with van der Waals surface area (Å²) >= 11 is 0. The monoisotopic (exact) mass is 330 g/mol. The van der Waals surface area contributed by atoms with E-state index in [2.05, 4.69) is 10.3 Å². The Bertz CT molecular complexity index is 897. The fourth-order valence-corrected chi connectivity index (χ4v) is 2.40. The molecular weight excluding hydrogens is 315 g/mol. The number of aromatic carboxylic acids is 1. The van der Waals surface area contributed by atoms with Crippen LogP contribution in [0.3, 0.4) is 0 Å². The fourth-order valence-electron chi connectivity index (χ4n) is 2.40. The van der Waals surface area contributed by atoms with Crippen LogP contribution in [0.5, 0.6) is 0 Å². The molecule has 0 spiro atoms. The first kappa shape index (κ1) is 18.1. The Morgan fingerprint density at radius 1 is 1.08 bits per heavy atom. The first-order valence-corrected chi connectivity index (χ1v) is 7.09. The zero-order valence-electron chi connectivity index (χ0n) is 14.2. The van der Waals surface area contributed by atoms with Gasteiger partial charge in [0, 0.05) is 12.7 Å². The van der Waals surface area contributed by atoms with Gasteiger partial charge in [-0.15, -0.1) is 0 Å². The number of nitrogens with one attached hydrogen (secondary N) is 1. The van der Waals surface area contributed by atoms with E-state index in [9.17, 15) is 9.59 Å². The predicted molar refractivity (Wildman–Crippen MR) is 87.4 cm³/mol. The predicted octanol–water partition coefficient (Wildman–Crippen LogP) is -0.0205. The maximum absolute atomic E-state index is 12.2. The first-order chi connectivity index (χ1) is 11.1. The summed E-state index contributed by atoms with van der Waals surface area (Å²) in [5.41, 5.74) is 1.12. The largest absolute Gasteiger partial charge is 1.00 e. The average Bonchev–Trinajstić information content (AvgIpc) is 2.59. The molecule has 0 atom stereocenters. The minimum atomic E-state index is -1.09. The van der Waals surface area contributed by atoms with Gasteiger partial charge in [0.25, 0.3) is 5.91 Å². The van der Waals surface area contributed by atoms with Gasteiger partial charge in [0.15, 0.2) is 0 Å². The summed E-state index contributed by atoms with van der Waals surface area (Å²) in [6.45, 7) is 0.346. The second-order valence-corrected chi connectivity index (χ2v) is 5.06. The van der Waals surface area contributed by atoms with E-state index >= 15 is 0 Å². The van der Waals surface area contributed by atoms with Crippen LogP contribution < -0.4 is 34.9 Å². The van der Waals surface area contributed by atoms with Gasteiger partial charge in [0.1, 0.15) is 5.69 Å². The summed E-state index contributed by atoms with van der Waals surface area (Å²) in [6, 6.07) is 16.4. The van der Waals surface area contributed by atoms with E-state index in [1.807, 2.05) is 42.5 Å². The molecular formula is C18H15N2NaO3. The van der Waals surface area contributed by atoms with Crippen LogP contribution in [-0.4, -0.2) is 22.0 Å². The molecule has 5 nitrogen and oxygen atoms in total. The molecule has 0 saturated carbocycles. The molecule has 116 valence electrons. The van der Waals surface area contributed by atoms with Gasteiger partial charge in [-0.3, -0.25) is 9.78 Å². The van der Waals surface area contributed by atoms with Crippen molar-refractivity contribution in [2.45, 2.75) is 6.54 Å². The molecule has 0 saturated heterocycles. The molecule has 0 aliphatic rings. The maximum Gasteiger partial charge on any atom is 1.00 e. The molecule has 1 aromatic heterocycles. The van der Waals surface area contributed by atoms with Gasteiger partial charge in [-0.25, -0.2) is 4.79 Å². The second-order valence-electron chi connectivity index (χ2n) is 5.06.